The van der Waals surface area contributed by atoms with Gasteiger partial charge in [-0.15, -0.1) is 0 Å². The van der Waals surface area contributed by atoms with Crippen LogP contribution in [0.25, 0.3) is 11.0 Å². The first-order valence-electron chi connectivity index (χ1n) is 5.66. The van der Waals surface area contributed by atoms with E-state index >= 15 is 0 Å². The van der Waals surface area contributed by atoms with Gasteiger partial charge in [0.25, 0.3) is 0 Å². The van der Waals surface area contributed by atoms with Gasteiger partial charge in [-0.05, 0) is 44.9 Å². The Morgan fingerprint density at radius 1 is 1.44 bits per heavy atom. The molecule has 3 nitrogen and oxygen atoms in total. The van der Waals surface area contributed by atoms with E-state index in [0.29, 0.717) is 6.04 Å². The zero-order valence-corrected chi connectivity index (χ0v) is 9.53. The molecule has 2 aromatic rings. The van der Waals surface area contributed by atoms with E-state index in [1.165, 1.54) is 12.8 Å². The molecule has 1 aromatic heterocycles. The molecular weight excluding hydrogens is 200 g/mol. The molecule has 1 saturated carbocycles. The van der Waals surface area contributed by atoms with E-state index in [2.05, 4.69) is 9.55 Å². The molecule has 3 heteroatoms. The Kier molecular flexibility index (Phi) is 1.90. The summed E-state index contributed by atoms with van der Waals surface area (Å²) in [4.78, 5) is 15.8. The minimum Gasteiger partial charge on any atom is -0.325 e. The third-order valence-electron chi connectivity index (χ3n) is 3.18. The maximum Gasteiger partial charge on any atom is 0.159 e. The maximum atomic E-state index is 11.3. The van der Waals surface area contributed by atoms with Crippen LogP contribution in [-0.4, -0.2) is 15.3 Å². The number of fused-ring (bicyclic) bond motifs is 1. The molecule has 0 aliphatic heterocycles. The summed E-state index contributed by atoms with van der Waals surface area (Å²) in [6.07, 6.45) is 2.50. The van der Waals surface area contributed by atoms with Crippen molar-refractivity contribution in [2.75, 3.05) is 0 Å². The van der Waals surface area contributed by atoms with E-state index in [1.807, 2.05) is 25.1 Å². The van der Waals surface area contributed by atoms with Crippen molar-refractivity contribution in [3.8, 4) is 0 Å². The van der Waals surface area contributed by atoms with Gasteiger partial charge in [-0.3, -0.25) is 4.79 Å². The number of ketones is 1. The van der Waals surface area contributed by atoms with Gasteiger partial charge in [-0.1, -0.05) is 0 Å². The first kappa shape index (κ1) is 9.58. The van der Waals surface area contributed by atoms with Crippen molar-refractivity contribution in [1.29, 1.82) is 0 Å². The predicted molar refractivity (Wildman–Crippen MR) is 62.7 cm³/mol. The van der Waals surface area contributed by atoms with E-state index < -0.39 is 0 Å². The van der Waals surface area contributed by atoms with Crippen molar-refractivity contribution < 1.29 is 4.79 Å². The molecule has 1 heterocycles. The molecule has 1 aromatic carbocycles. The highest BCUT2D eigenvalue weighted by molar-refractivity contribution is 5.97. The van der Waals surface area contributed by atoms with Crippen molar-refractivity contribution in [1.82, 2.24) is 9.55 Å². The molecule has 1 aliphatic carbocycles. The summed E-state index contributed by atoms with van der Waals surface area (Å²) in [7, 11) is 0. The molecule has 0 amide bonds. The molecule has 0 unspecified atom stereocenters. The van der Waals surface area contributed by atoms with Crippen LogP contribution in [0.15, 0.2) is 18.2 Å². The van der Waals surface area contributed by atoms with Crippen LogP contribution in [0, 0.1) is 6.92 Å². The topological polar surface area (TPSA) is 34.9 Å². The van der Waals surface area contributed by atoms with Crippen LogP contribution >= 0.6 is 0 Å². The number of aryl methyl sites for hydroxylation is 1. The van der Waals surface area contributed by atoms with E-state index in [0.717, 1.165) is 22.4 Å². The Labute approximate surface area is 94.1 Å². The second-order valence-corrected chi connectivity index (χ2v) is 4.52. The molecular formula is C13H14N2O. The van der Waals surface area contributed by atoms with Gasteiger partial charge in [0.05, 0.1) is 11.0 Å². The number of benzene rings is 1. The number of hydrogen-bond donors (Lipinski definition) is 0. The minimum absolute atomic E-state index is 0.0977. The van der Waals surface area contributed by atoms with Crippen LogP contribution < -0.4 is 0 Å². The summed E-state index contributed by atoms with van der Waals surface area (Å²) in [5.74, 6) is 1.15. The number of nitrogens with zero attached hydrogens (tertiary/aromatic N) is 2. The lowest BCUT2D eigenvalue weighted by Crippen LogP contribution is -1.96. The Balaban J connectivity index is 2.23. The number of imidazole rings is 1. The van der Waals surface area contributed by atoms with Crippen LogP contribution in [0.3, 0.4) is 0 Å². The maximum absolute atomic E-state index is 11.3. The smallest absolute Gasteiger partial charge is 0.159 e. The lowest BCUT2D eigenvalue weighted by Gasteiger charge is -2.03. The average molecular weight is 214 g/mol. The second-order valence-electron chi connectivity index (χ2n) is 4.52. The highest BCUT2D eigenvalue weighted by Crippen LogP contribution is 2.38. The first-order chi connectivity index (χ1) is 7.66. The molecule has 82 valence electrons. The number of carbonyl (C=O) groups is 1. The third kappa shape index (κ3) is 1.35. The molecule has 3 rings (SSSR count). The molecule has 16 heavy (non-hydrogen) atoms. The van der Waals surface area contributed by atoms with Gasteiger partial charge in [-0.25, -0.2) is 4.98 Å². The minimum atomic E-state index is 0.0977. The highest BCUT2D eigenvalue weighted by Gasteiger charge is 2.26. The highest BCUT2D eigenvalue weighted by atomic mass is 16.1. The molecule has 0 radical (unpaired) electrons. The summed E-state index contributed by atoms with van der Waals surface area (Å²) >= 11 is 0. The van der Waals surface area contributed by atoms with Gasteiger partial charge in [0.2, 0.25) is 0 Å². The Bertz CT molecular complexity index is 579. The molecule has 0 spiro atoms. The molecule has 0 saturated heterocycles. The van der Waals surface area contributed by atoms with Gasteiger partial charge in [0.1, 0.15) is 5.82 Å². The SMILES string of the molecule is CC(=O)c1ccc2c(c1)nc(C)n2C1CC1. The van der Waals surface area contributed by atoms with Gasteiger partial charge in [-0.2, -0.15) is 0 Å². The molecule has 0 atom stereocenters. The fourth-order valence-electron chi connectivity index (χ4n) is 2.23. The summed E-state index contributed by atoms with van der Waals surface area (Å²) in [6, 6.07) is 6.44. The number of rotatable bonds is 2. The number of aromatic nitrogens is 2. The summed E-state index contributed by atoms with van der Waals surface area (Å²) < 4.78 is 2.29. The molecule has 1 fully saturated rings. The van der Waals surface area contributed by atoms with Gasteiger partial charge >= 0.3 is 0 Å². The van der Waals surface area contributed by atoms with Crippen LogP contribution in [-0.2, 0) is 0 Å². The quantitative estimate of drug-likeness (QED) is 0.720. The van der Waals surface area contributed by atoms with Crippen LogP contribution in [0.2, 0.25) is 0 Å². The fourth-order valence-corrected chi connectivity index (χ4v) is 2.23. The largest absolute Gasteiger partial charge is 0.325 e. The van der Waals surface area contributed by atoms with Gasteiger partial charge in [0, 0.05) is 11.6 Å². The lowest BCUT2D eigenvalue weighted by molar-refractivity contribution is 0.101. The fraction of sp³-hybridized carbons (Fsp3) is 0.385. The molecule has 1 aliphatic rings. The average Bonchev–Trinajstić information content (AvgIpc) is 3.00. The van der Waals surface area contributed by atoms with E-state index in [9.17, 15) is 4.79 Å². The normalized spacial score (nSPS) is 15.6. The predicted octanol–water partition coefficient (Wildman–Crippen LogP) is 2.88. The van der Waals surface area contributed by atoms with Gasteiger partial charge < -0.3 is 4.57 Å². The van der Waals surface area contributed by atoms with E-state index in [4.69, 9.17) is 0 Å². The van der Waals surface area contributed by atoms with Crippen LogP contribution in [0.4, 0.5) is 0 Å². The Morgan fingerprint density at radius 2 is 2.19 bits per heavy atom. The third-order valence-corrected chi connectivity index (χ3v) is 3.18. The monoisotopic (exact) mass is 214 g/mol. The van der Waals surface area contributed by atoms with Crippen LogP contribution in [0.1, 0.15) is 42.0 Å². The Hall–Kier alpha value is -1.64. The standard InChI is InChI=1S/C13H14N2O/c1-8(16)10-3-6-13-12(7-10)14-9(2)15(13)11-4-5-11/h3,6-7,11H,4-5H2,1-2H3. The number of carbonyl (C=O) groups excluding carboxylic acids is 1. The van der Waals surface area contributed by atoms with Crippen molar-refractivity contribution in [2.24, 2.45) is 0 Å². The number of Topliss-reactive ketones (excluding diaryl/α,β-unsaturated/α-hetero) is 1. The zero-order chi connectivity index (χ0) is 11.3. The first-order valence-corrected chi connectivity index (χ1v) is 5.66. The lowest BCUT2D eigenvalue weighted by atomic mass is 10.1. The summed E-state index contributed by atoms with van der Waals surface area (Å²) in [5, 5.41) is 0. The van der Waals surface area contributed by atoms with E-state index in [-0.39, 0.29) is 5.78 Å². The number of hydrogen-bond acceptors (Lipinski definition) is 2. The second kappa shape index (κ2) is 3.17. The van der Waals surface area contributed by atoms with Crippen LogP contribution in [0.5, 0.6) is 0 Å². The summed E-state index contributed by atoms with van der Waals surface area (Å²) in [6.45, 7) is 3.62. The van der Waals surface area contributed by atoms with Crippen molar-refractivity contribution >= 4 is 16.8 Å². The molecule has 0 N–H and O–H groups in total. The van der Waals surface area contributed by atoms with Crippen molar-refractivity contribution in [3.05, 3.63) is 29.6 Å². The van der Waals surface area contributed by atoms with E-state index in [1.54, 1.807) is 6.92 Å². The zero-order valence-electron chi connectivity index (χ0n) is 9.53. The Morgan fingerprint density at radius 3 is 2.81 bits per heavy atom. The summed E-state index contributed by atoms with van der Waals surface area (Å²) in [5.41, 5.74) is 2.84. The van der Waals surface area contributed by atoms with Gasteiger partial charge in [0.15, 0.2) is 5.78 Å². The molecule has 0 bridgehead atoms. The van der Waals surface area contributed by atoms with Crippen molar-refractivity contribution in [2.45, 2.75) is 32.7 Å². The van der Waals surface area contributed by atoms with Crippen molar-refractivity contribution in [3.63, 3.8) is 0 Å².